The van der Waals surface area contributed by atoms with E-state index in [-0.39, 0.29) is 5.92 Å². The lowest BCUT2D eigenvalue weighted by Crippen LogP contribution is -2.34. The van der Waals surface area contributed by atoms with Crippen molar-refractivity contribution in [2.45, 2.75) is 12.8 Å². The van der Waals surface area contributed by atoms with Gasteiger partial charge in [-0.3, -0.25) is 4.79 Å². The molecule has 2 radical (unpaired) electrons. The Balaban J connectivity index is 2.35. The fourth-order valence-corrected chi connectivity index (χ4v) is 1.21. The minimum Gasteiger partial charge on any atom is -0.334 e. The van der Waals surface area contributed by atoms with Crippen LogP contribution in [0, 0.1) is 5.92 Å². The first-order chi connectivity index (χ1) is 5.24. The molecule has 1 rings (SSSR count). The number of rotatable bonds is 2. The fraction of sp³-hybridized carbons (Fsp3) is 0.714. The van der Waals surface area contributed by atoms with Crippen LogP contribution in [0.15, 0.2) is 0 Å². The van der Waals surface area contributed by atoms with Crippen molar-refractivity contribution in [3.63, 3.8) is 0 Å². The van der Waals surface area contributed by atoms with Crippen molar-refractivity contribution in [2.75, 3.05) is 13.1 Å². The number of carbonyl (C=O) groups is 1. The summed E-state index contributed by atoms with van der Waals surface area (Å²) in [6.45, 7) is 0.976. The van der Waals surface area contributed by atoms with Crippen LogP contribution in [0.5, 0.6) is 0 Å². The van der Waals surface area contributed by atoms with E-state index < -0.39 is 5.97 Å². The summed E-state index contributed by atoms with van der Waals surface area (Å²) in [6, 6.07) is 0. The third-order valence-corrected chi connectivity index (χ3v) is 1.96. The Morgan fingerprint density at radius 3 is 2.27 bits per heavy atom. The van der Waals surface area contributed by atoms with Crippen molar-refractivity contribution in [1.29, 1.82) is 0 Å². The molecule has 11 heavy (non-hydrogen) atoms. The molecule has 0 aromatic carbocycles. The molecule has 0 N–H and O–H groups in total. The van der Waals surface area contributed by atoms with Crippen LogP contribution in [0.3, 0.4) is 0 Å². The van der Waals surface area contributed by atoms with E-state index in [1.165, 1.54) is 4.90 Å². The maximum Gasteiger partial charge on any atom is 0.358 e. The zero-order valence-corrected chi connectivity index (χ0v) is 6.08. The normalized spacial score (nSPS) is 19.8. The molecule has 60 valence electrons. The summed E-state index contributed by atoms with van der Waals surface area (Å²) in [6.07, 6.45) is 2.73. The highest BCUT2D eigenvalue weighted by atomic mass is 16.4. The summed E-state index contributed by atoms with van der Waals surface area (Å²) in [5.74, 6) is -1.38. The van der Waals surface area contributed by atoms with E-state index in [1.807, 2.05) is 0 Å². The molecule has 1 heterocycles. The summed E-state index contributed by atoms with van der Waals surface area (Å²) in [7, 11) is 0. The van der Waals surface area contributed by atoms with Crippen LogP contribution >= 0.6 is 0 Å². The molecule has 1 aliphatic heterocycles. The summed E-state index contributed by atoms with van der Waals surface area (Å²) < 4.78 is 0. The standard InChI is InChI=1S/C7H9NO3/c9-5-8-3-1-6(2-4-8)7(10)11/h6H,1-4H2. The Labute approximate surface area is 64.8 Å². The van der Waals surface area contributed by atoms with Gasteiger partial charge in [0.2, 0.25) is 0 Å². The van der Waals surface area contributed by atoms with Crippen molar-refractivity contribution >= 4 is 12.4 Å². The molecular formula is C7H9NO3. The Hall–Kier alpha value is -1.06. The van der Waals surface area contributed by atoms with Gasteiger partial charge in [0.1, 0.15) is 0 Å². The van der Waals surface area contributed by atoms with Crippen molar-refractivity contribution in [3.05, 3.63) is 0 Å². The quantitative estimate of drug-likeness (QED) is 0.550. The van der Waals surface area contributed by atoms with Gasteiger partial charge in [-0.15, -0.1) is 0 Å². The molecule has 0 spiro atoms. The SMILES string of the molecule is [O]C(=O)C1CCN([C]=O)CC1. The summed E-state index contributed by atoms with van der Waals surface area (Å²) >= 11 is 0. The molecule has 0 aliphatic carbocycles. The third kappa shape index (κ3) is 1.93. The van der Waals surface area contributed by atoms with Gasteiger partial charge < -0.3 is 4.90 Å². The van der Waals surface area contributed by atoms with E-state index in [1.54, 1.807) is 6.41 Å². The summed E-state index contributed by atoms with van der Waals surface area (Å²) in [5.41, 5.74) is 0. The zero-order valence-electron chi connectivity index (χ0n) is 6.08. The molecule has 0 saturated carbocycles. The van der Waals surface area contributed by atoms with Crippen molar-refractivity contribution in [3.8, 4) is 0 Å². The van der Waals surface area contributed by atoms with Crippen LogP contribution in [-0.2, 0) is 14.7 Å². The second kappa shape index (κ2) is 3.37. The summed E-state index contributed by atoms with van der Waals surface area (Å²) in [5, 5.41) is 10.3. The van der Waals surface area contributed by atoms with Gasteiger partial charge in [-0.05, 0) is 12.8 Å². The molecule has 1 aliphatic rings. The largest absolute Gasteiger partial charge is 0.358 e. The van der Waals surface area contributed by atoms with Crippen LogP contribution in [0.1, 0.15) is 12.8 Å². The molecule has 1 amide bonds. The maximum absolute atomic E-state index is 10.3. The number of carbonyl (C=O) groups excluding carboxylic acids is 2. The molecule has 0 aromatic heterocycles. The first-order valence-electron chi connectivity index (χ1n) is 3.57. The lowest BCUT2D eigenvalue weighted by atomic mass is 9.98. The Morgan fingerprint density at radius 1 is 1.36 bits per heavy atom. The number of hydrogen-bond donors (Lipinski definition) is 0. The maximum atomic E-state index is 10.3. The molecular weight excluding hydrogens is 146 g/mol. The number of piperidine rings is 1. The molecule has 4 nitrogen and oxygen atoms in total. The molecule has 1 fully saturated rings. The average Bonchev–Trinajstić information content (AvgIpc) is 2.05. The predicted octanol–water partition coefficient (Wildman–Crippen LogP) is -0.277. The lowest BCUT2D eigenvalue weighted by molar-refractivity contribution is -0.149. The first kappa shape index (κ1) is 8.04. The Bertz CT molecular complexity index is 161. The topological polar surface area (TPSA) is 57.3 Å². The molecule has 1 saturated heterocycles. The number of hydrogen-bond acceptors (Lipinski definition) is 2. The highest BCUT2D eigenvalue weighted by molar-refractivity contribution is 5.69. The zero-order chi connectivity index (χ0) is 8.27. The van der Waals surface area contributed by atoms with E-state index in [2.05, 4.69) is 0 Å². The van der Waals surface area contributed by atoms with Crippen LogP contribution in [0.25, 0.3) is 0 Å². The molecule has 4 heteroatoms. The second-order valence-electron chi connectivity index (χ2n) is 2.67. The molecule has 0 bridgehead atoms. The van der Waals surface area contributed by atoms with Gasteiger partial charge in [-0.2, -0.15) is 0 Å². The highest BCUT2D eigenvalue weighted by Crippen LogP contribution is 2.15. The average molecular weight is 155 g/mol. The van der Waals surface area contributed by atoms with Gasteiger partial charge in [0.05, 0.1) is 5.92 Å². The lowest BCUT2D eigenvalue weighted by Gasteiger charge is -2.24. The molecule has 0 unspecified atom stereocenters. The van der Waals surface area contributed by atoms with Gasteiger partial charge in [0, 0.05) is 13.1 Å². The second-order valence-corrected chi connectivity index (χ2v) is 2.67. The van der Waals surface area contributed by atoms with Crippen LogP contribution in [0.2, 0.25) is 0 Å². The third-order valence-electron chi connectivity index (χ3n) is 1.96. The van der Waals surface area contributed by atoms with Gasteiger partial charge in [0.25, 0.3) is 0 Å². The number of amides is 1. The van der Waals surface area contributed by atoms with Crippen molar-refractivity contribution < 1.29 is 14.7 Å². The number of likely N-dealkylation sites (tertiary alicyclic amines) is 1. The minimum absolute atomic E-state index is 0.375. The van der Waals surface area contributed by atoms with E-state index in [4.69, 9.17) is 0 Å². The Kier molecular flexibility index (Phi) is 2.46. The van der Waals surface area contributed by atoms with E-state index in [9.17, 15) is 14.7 Å². The van der Waals surface area contributed by atoms with Gasteiger partial charge in [-0.25, -0.2) is 9.90 Å². The van der Waals surface area contributed by atoms with E-state index >= 15 is 0 Å². The van der Waals surface area contributed by atoms with Gasteiger partial charge in [-0.1, -0.05) is 0 Å². The molecule has 0 aromatic rings. The van der Waals surface area contributed by atoms with Crippen LogP contribution in [0.4, 0.5) is 0 Å². The Morgan fingerprint density at radius 2 is 1.91 bits per heavy atom. The first-order valence-corrected chi connectivity index (χ1v) is 3.57. The predicted molar refractivity (Wildman–Crippen MR) is 35.7 cm³/mol. The molecule has 0 atom stereocenters. The van der Waals surface area contributed by atoms with E-state index in [0.29, 0.717) is 25.9 Å². The van der Waals surface area contributed by atoms with Crippen molar-refractivity contribution in [1.82, 2.24) is 4.90 Å². The monoisotopic (exact) mass is 155 g/mol. The smallest absolute Gasteiger partial charge is 0.334 e. The van der Waals surface area contributed by atoms with Gasteiger partial charge >= 0.3 is 12.4 Å². The summed E-state index contributed by atoms with van der Waals surface area (Å²) in [4.78, 5) is 21.9. The number of nitrogens with zero attached hydrogens (tertiary/aromatic N) is 1. The van der Waals surface area contributed by atoms with E-state index in [0.717, 1.165) is 0 Å². The van der Waals surface area contributed by atoms with Gasteiger partial charge in [0.15, 0.2) is 0 Å². The fourth-order valence-electron chi connectivity index (χ4n) is 1.21. The van der Waals surface area contributed by atoms with Crippen LogP contribution < -0.4 is 0 Å². The van der Waals surface area contributed by atoms with Crippen LogP contribution in [-0.4, -0.2) is 30.4 Å². The highest BCUT2D eigenvalue weighted by Gasteiger charge is 2.24. The van der Waals surface area contributed by atoms with Crippen molar-refractivity contribution in [2.24, 2.45) is 5.92 Å². The minimum atomic E-state index is -1.00.